The zero-order chi connectivity index (χ0) is 16.2. The van der Waals surface area contributed by atoms with Crippen LogP contribution in [0.15, 0.2) is 0 Å². The van der Waals surface area contributed by atoms with Gasteiger partial charge in [0, 0.05) is 25.7 Å². The Morgan fingerprint density at radius 3 is 2.04 bits per heavy atom. The zero-order valence-corrected chi connectivity index (χ0v) is 14.2. The van der Waals surface area contributed by atoms with E-state index in [9.17, 15) is 5.11 Å². The second-order valence-corrected chi connectivity index (χ2v) is 8.07. The summed E-state index contributed by atoms with van der Waals surface area (Å²) in [6.45, 7) is 0.478. The van der Waals surface area contributed by atoms with E-state index in [4.69, 9.17) is 23.7 Å². The molecule has 0 aromatic rings. The van der Waals surface area contributed by atoms with Crippen LogP contribution in [0.25, 0.3) is 0 Å². The van der Waals surface area contributed by atoms with Gasteiger partial charge >= 0.3 is 0 Å². The van der Waals surface area contributed by atoms with Gasteiger partial charge in [0.25, 0.3) is 0 Å². The van der Waals surface area contributed by atoms with Crippen molar-refractivity contribution >= 4 is 0 Å². The molecule has 3 saturated heterocycles. The van der Waals surface area contributed by atoms with E-state index in [2.05, 4.69) is 0 Å². The quantitative estimate of drug-likeness (QED) is 0.789. The fourth-order valence-electron chi connectivity index (χ4n) is 5.09. The van der Waals surface area contributed by atoms with Crippen LogP contribution in [-0.2, 0) is 23.7 Å². The normalized spacial score (nSPS) is 46.6. The highest BCUT2D eigenvalue weighted by atomic mass is 16.8. The SMILES string of the molecule is O[C@H]1[C@H]2OC3(CCCCC3)O[C@H]2O[C@@H]1C1COC2(CCCCC2)O1. The fraction of sp³-hybridized carbons (Fsp3) is 1.00. The maximum atomic E-state index is 10.8. The molecule has 5 aliphatic rings. The topological polar surface area (TPSA) is 66.4 Å². The Labute approximate surface area is 142 Å². The van der Waals surface area contributed by atoms with Crippen LogP contribution >= 0.6 is 0 Å². The van der Waals surface area contributed by atoms with E-state index >= 15 is 0 Å². The van der Waals surface area contributed by atoms with E-state index in [1.54, 1.807) is 0 Å². The van der Waals surface area contributed by atoms with Crippen molar-refractivity contribution in [3.63, 3.8) is 0 Å². The Morgan fingerprint density at radius 1 is 0.708 bits per heavy atom. The first-order valence-corrected chi connectivity index (χ1v) is 9.70. The lowest BCUT2D eigenvalue weighted by Gasteiger charge is -2.34. The molecule has 1 N–H and O–H groups in total. The Bertz CT molecular complexity index is 470. The molecule has 1 unspecified atom stereocenters. The van der Waals surface area contributed by atoms with Gasteiger partial charge in [-0.05, 0) is 25.7 Å². The molecular formula is C18H28O6. The molecule has 5 atom stereocenters. The highest BCUT2D eigenvalue weighted by Crippen LogP contribution is 2.47. The molecule has 2 spiro atoms. The van der Waals surface area contributed by atoms with Gasteiger partial charge in [0.1, 0.15) is 24.4 Å². The molecule has 3 heterocycles. The Morgan fingerprint density at radius 2 is 1.38 bits per heavy atom. The van der Waals surface area contributed by atoms with Crippen molar-refractivity contribution in [2.75, 3.05) is 6.61 Å². The average molecular weight is 340 g/mol. The summed E-state index contributed by atoms with van der Waals surface area (Å²) in [6, 6.07) is 0. The predicted octanol–water partition coefficient (Wildman–Crippen LogP) is 2.22. The molecule has 6 heteroatoms. The summed E-state index contributed by atoms with van der Waals surface area (Å²) < 4.78 is 30.5. The van der Waals surface area contributed by atoms with E-state index < -0.39 is 36.2 Å². The molecule has 2 saturated carbocycles. The molecule has 5 fully saturated rings. The second-order valence-electron chi connectivity index (χ2n) is 8.07. The first-order valence-electron chi connectivity index (χ1n) is 9.70. The predicted molar refractivity (Wildman–Crippen MR) is 83.1 cm³/mol. The molecule has 0 aromatic heterocycles. The van der Waals surface area contributed by atoms with Crippen molar-refractivity contribution in [3.8, 4) is 0 Å². The van der Waals surface area contributed by atoms with Crippen molar-refractivity contribution in [2.45, 2.75) is 106 Å². The van der Waals surface area contributed by atoms with Crippen LogP contribution in [0.2, 0.25) is 0 Å². The third-order valence-electron chi connectivity index (χ3n) is 6.39. The van der Waals surface area contributed by atoms with Crippen molar-refractivity contribution in [2.24, 2.45) is 0 Å². The van der Waals surface area contributed by atoms with E-state index in [0.29, 0.717) is 6.61 Å². The standard InChI is InChI=1S/C18H28O6/c19-13-14(12-11-20-17(22-12)7-3-1-4-8-17)21-16-15(13)23-18(24-16)9-5-2-6-10-18/h12-16,19H,1-11H2/t12?,13-,14-,15-,16-/m1/s1. The first-order chi connectivity index (χ1) is 11.7. The van der Waals surface area contributed by atoms with E-state index in [1.807, 2.05) is 0 Å². The summed E-state index contributed by atoms with van der Waals surface area (Å²) in [7, 11) is 0. The monoisotopic (exact) mass is 340 g/mol. The van der Waals surface area contributed by atoms with Crippen LogP contribution in [0, 0.1) is 0 Å². The van der Waals surface area contributed by atoms with Crippen molar-refractivity contribution in [1.82, 2.24) is 0 Å². The Hall–Kier alpha value is -0.240. The summed E-state index contributed by atoms with van der Waals surface area (Å²) >= 11 is 0. The van der Waals surface area contributed by atoms with Gasteiger partial charge in [-0.15, -0.1) is 0 Å². The number of fused-ring (bicyclic) bond motifs is 1. The lowest BCUT2D eigenvalue weighted by atomic mass is 9.94. The molecule has 2 aliphatic carbocycles. The van der Waals surface area contributed by atoms with Gasteiger partial charge in [0.2, 0.25) is 0 Å². The maximum Gasteiger partial charge on any atom is 0.190 e. The van der Waals surface area contributed by atoms with E-state index in [-0.39, 0.29) is 6.10 Å². The summed E-state index contributed by atoms with van der Waals surface area (Å²) in [5.74, 6) is -0.979. The average Bonchev–Trinajstić information content (AvgIpc) is 3.23. The lowest BCUT2D eigenvalue weighted by molar-refractivity contribution is -0.259. The molecular weight excluding hydrogens is 312 g/mol. The number of hydrogen-bond donors (Lipinski definition) is 1. The van der Waals surface area contributed by atoms with Gasteiger partial charge in [0.05, 0.1) is 6.61 Å². The highest BCUT2D eigenvalue weighted by molar-refractivity contribution is 5.00. The number of rotatable bonds is 1. The summed E-state index contributed by atoms with van der Waals surface area (Å²) in [5, 5.41) is 10.8. The second kappa shape index (κ2) is 5.89. The van der Waals surface area contributed by atoms with Crippen LogP contribution in [0.3, 0.4) is 0 Å². The number of aliphatic hydroxyl groups excluding tert-OH is 1. The smallest absolute Gasteiger partial charge is 0.190 e. The van der Waals surface area contributed by atoms with Crippen LogP contribution in [-0.4, -0.2) is 54.0 Å². The third kappa shape index (κ3) is 2.54. The van der Waals surface area contributed by atoms with E-state index in [1.165, 1.54) is 12.8 Å². The molecule has 5 rings (SSSR count). The van der Waals surface area contributed by atoms with Crippen LogP contribution in [0.1, 0.15) is 64.2 Å². The molecule has 3 aliphatic heterocycles. The van der Waals surface area contributed by atoms with Crippen LogP contribution < -0.4 is 0 Å². The Kier molecular flexibility index (Phi) is 3.92. The molecule has 6 nitrogen and oxygen atoms in total. The number of hydrogen-bond acceptors (Lipinski definition) is 6. The number of ether oxygens (including phenoxy) is 5. The van der Waals surface area contributed by atoms with Crippen LogP contribution in [0.5, 0.6) is 0 Å². The highest BCUT2D eigenvalue weighted by Gasteiger charge is 2.60. The van der Waals surface area contributed by atoms with Gasteiger partial charge in [-0.25, -0.2) is 0 Å². The zero-order valence-electron chi connectivity index (χ0n) is 14.2. The molecule has 0 aromatic carbocycles. The summed E-state index contributed by atoms with van der Waals surface area (Å²) in [4.78, 5) is 0. The summed E-state index contributed by atoms with van der Waals surface area (Å²) in [5.41, 5.74) is 0. The van der Waals surface area contributed by atoms with Gasteiger partial charge in [-0.1, -0.05) is 12.8 Å². The minimum absolute atomic E-state index is 0.238. The van der Waals surface area contributed by atoms with Gasteiger partial charge in [-0.3, -0.25) is 0 Å². The minimum Gasteiger partial charge on any atom is -0.387 e. The largest absolute Gasteiger partial charge is 0.387 e. The molecule has 0 amide bonds. The van der Waals surface area contributed by atoms with Gasteiger partial charge < -0.3 is 28.8 Å². The molecule has 0 radical (unpaired) electrons. The van der Waals surface area contributed by atoms with Crippen LogP contribution in [0.4, 0.5) is 0 Å². The maximum absolute atomic E-state index is 10.8. The molecule has 136 valence electrons. The minimum atomic E-state index is -0.719. The first kappa shape index (κ1) is 16.0. The number of aliphatic hydroxyl groups is 1. The molecule has 24 heavy (non-hydrogen) atoms. The molecule has 0 bridgehead atoms. The van der Waals surface area contributed by atoms with Crippen molar-refractivity contribution < 1.29 is 28.8 Å². The Balaban J connectivity index is 1.24. The van der Waals surface area contributed by atoms with E-state index in [0.717, 1.165) is 51.4 Å². The van der Waals surface area contributed by atoms with Gasteiger partial charge in [-0.2, -0.15) is 0 Å². The fourth-order valence-corrected chi connectivity index (χ4v) is 5.09. The van der Waals surface area contributed by atoms with Crippen molar-refractivity contribution in [3.05, 3.63) is 0 Å². The lowest BCUT2D eigenvalue weighted by Crippen LogP contribution is -2.44. The van der Waals surface area contributed by atoms with Crippen molar-refractivity contribution in [1.29, 1.82) is 0 Å². The summed E-state index contributed by atoms with van der Waals surface area (Å²) in [6.07, 6.45) is 8.38. The van der Waals surface area contributed by atoms with Gasteiger partial charge in [0.15, 0.2) is 17.9 Å². The third-order valence-corrected chi connectivity index (χ3v) is 6.39.